The highest BCUT2D eigenvalue weighted by Gasteiger charge is 2.53. The zero-order chi connectivity index (χ0) is 22.1. The van der Waals surface area contributed by atoms with Gasteiger partial charge in [0.05, 0.1) is 5.38 Å². The van der Waals surface area contributed by atoms with E-state index in [0.29, 0.717) is 11.3 Å². The summed E-state index contributed by atoms with van der Waals surface area (Å²) in [7, 11) is 0. The van der Waals surface area contributed by atoms with Gasteiger partial charge in [0, 0.05) is 24.7 Å². The minimum absolute atomic E-state index is 0. The van der Waals surface area contributed by atoms with Crippen molar-refractivity contribution in [3.63, 3.8) is 0 Å². The third-order valence-corrected chi connectivity index (χ3v) is 6.68. The zero-order valence-corrected chi connectivity index (χ0v) is 24.1. The van der Waals surface area contributed by atoms with Crippen LogP contribution in [0.3, 0.4) is 0 Å². The highest BCUT2D eigenvalue weighted by Crippen LogP contribution is 2.34. The first kappa shape index (κ1) is 34.0. The van der Waals surface area contributed by atoms with Gasteiger partial charge in [-0.05, 0) is 43.0 Å². The maximum atomic E-state index is 13.5. The Labute approximate surface area is 238 Å². The second-order valence-corrected chi connectivity index (χ2v) is 9.01. The summed E-state index contributed by atoms with van der Waals surface area (Å²) in [5.41, 5.74) is 0.975. The van der Waals surface area contributed by atoms with Crippen molar-refractivity contribution in [2.24, 2.45) is 5.92 Å². The monoisotopic (exact) mass is 583 g/mol. The number of nitrogens with one attached hydrogen (secondary N) is 2. The Morgan fingerprint density at radius 3 is 2.23 bits per heavy atom. The Morgan fingerprint density at radius 1 is 1.06 bits per heavy atom. The van der Waals surface area contributed by atoms with Crippen LogP contribution in [0.25, 0.3) is 0 Å². The fraction of sp³-hybridized carbons (Fsp3) is 0.545. The first-order valence-electron chi connectivity index (χ1n) is 10.6. The second kappa shape index (κ2) is 14.6. The molecule has 0 radical (unpaired) electrons. The first-order valence-corrected chi connectivity index (χ1v) is 11.1. The largest absolute Gasteiger partial charge is 0.366 e. The van der Waals surface area contributed by atoms with Gasteiger partial charge in [0.2, 0.25) is 11.8 Å². The molecule has 4 rings (SSSR count). The van der Waals surface area contributed by atoms with Crippen LogP contribution < -0.4 is 10.6 Å². The molecule has 35 heavy (non-hydrogen) atoms. The van der Waals surface area contributed by atoms with E-state index >= 15 is 0 Å². The molecule has 2 aliphatic heterocycles. The van der Waals surface area contributed by atoms with Crippen LogP contribution in [0, 0.1) is 5.92 Å². The number of amides is 3. The number of hydrogen-bond donors (Lipinski definition) is 2. The zero-order valence-electron chi connectivity index (χ0n) is 19.3. The number of alkyl halides is 1. The fourth-order valence-electron chi connectivity index (χ4n) is 4.81. The highest BCUT2D eigenvalue weighted by atomic mass is 35.5. The molecule has 3 amide bonds. The lowest BCUT2D eigenvalue weighted by Crippen LogP contribution is -2.54. The number of benzene rings is 1. The predicted octanol–water partition coefficient (Wildman–Crippen LogP) is 2.17. The van der Waals surface area contributed by atoms with E-state index in [0.717, 1.165) is 25.7 Å². The molecule has 2 heterocycles. The van der Waals surface area contributed by atoms with Gasteiger partial charge < -0.3 is 20.3 Å². The number of likely N-dealkylation sites (tertiary alicyclic amines) is 1. The molecule has 2 N–H and O–H groups in total. The van der Waals surface area contributed by atoms with Crippen LogP contribution in [0.15, 0.2) is 24.3 Å². The van der Waals surface area contributed by atoms with Crippen molar-refractivity contribution in [2.75, 3.05) is 18.5 Å². The average molecular weight is 584 g/mol. The summed E-state index contributed by atoms with van der Waals surface area (Å²) in [4.78, 5) is 51.4. The molecule has 1 aromatic rings. The van der Waals surface area contributed by atoms with Crippen molar-refractivity contribution >= 4 is 94.8 Å². The third-order valence-electron chi connectivity index (χ3n) is 6.30. The summed E-state index contributed by atoms with van der Waals surface area (Å²) in [5.74, 6) is -0.970. The van der Waals surface area contributed by atoms with Crippen LogP contribution in [0.1, 0.15) is 43.0 Å². The summed E-state index contributed by atoms with van der Waals surface area (Å²) in [6, 6.07) is 5.09. The maximum Gasteiger partial charge on any atom is 0.251 e. The van der Waals surface area contributed by atoms with Gasteiger partial charge >= 0.3 is 0 Å². The third kappa shape index (κ3) is 7.48. The smallest absolute Gasteiger partial charge is 0.251 e. The van der Waals surface area contributed by atoms with Crippen LogP contribution in [0.5, 0.6) is 0 Å². The number of ketones is 1. The van der Waals surface area contributed by atoms with E-state index in [1.54, 1.807) is 24.3 Å². The van der Waals surface area contributed by atoms with Gasteiger partial charge in [-0.3, -0.25) is 19.2 Å². The van der Waals surface area contributed by atoms with Gasteiger partial charge in [-0.1, -0.05) is 12.8 Å². The summed E-state index contributed by atoms with van der Waals surface area (Å²) in [6.07, 6.45) is 3.20. The van der Waals surface area contributed by atoms with E-state index < -0.39 is 23.6 Å². The topological polar surface area (TPSA) is 105 Å². The molecule has 0 bridgehead atoms. The van der Waals surface area contributed by atoms with E-state index in [1.165, 1.54) is 11.8 Å². The van der Waals surface area contributed by atoms with Gasteiger partial charge in [0.25, 0.3) is 5.91 Å². The molecular weight excluding hydrogens is 550 g/mol. The van der Waals surface area contributed by atoms with Gasteiger partial charge in [0.15, 0.2) is 5.78 Å². The lowest BCUT2D eigenvalue weighted by atomic mass is 9.95. The second-order valence-electron chi connectivity index (χ2n) is 8.45. The Bertz CT molecular complexity index is 902. The van der Waals surface area contributed by atoms with E-state index in [2.05, 4.69) is 10.6 Å². The number of rotatable bonds is 5. The molecule has 1 aromatic carbocycles. The number of Topliss-reactive ketones (excluding diaryl/α,β-unsaturated/α-hetero) is 1. The lowest BCUT2D eigenvalue weighted by Gasteiger charge is -2.30. The van der Waals surface area contributed by atoms with Crippen molar-refractivity contribution < 1.29 is 23.9 Å². The van der Waals surface area contributed by atoms with Crippen molar-refractivity contribution in [2.45, 2.75) is 56.2 Å². The van der Waals surface area contributed by atoms with E-state index in [-0.39, 0.29) is 96.6 Å². The molecule has 1 saturated carbocycles. The summed E-state index contributed by atoms with van der Waals surface area (Å²) < 4.78 is 5.48. The standard InChI is InChI=1S/C22H26ClN3O5.4H2S/c1-12(27)24-15-8-6-14(7-9-15)21(29)25-18(13-4-2-3-5-13)22(30)26-10-16(23)20-19(26)17(28)11-31-20;;;;/h6-9,13,16,18-20H,2-5,10-11H2,1H3,(H,24,27)(H,25,29);4*1H2/t16-,18-,19+,20+;;;;/m0..../s1. The average Bonchev–Trinajstić information content (AvgIpc) is 3.46. The Kier molecular flexibility index (Phi) is 14.2. The molecule has 0 unspecified atom stereocenters. The quantitative estimate of drug-likeness (QED) is 0.517. The van der Waals surface area contributed by atoms with Gasteiger partial charge in [-0.2, -0.15) is 54.0 Å². The molecule has 13 heteroatoms. The molecule has 0 aromatic heterocycles. The maximum absolute atomic E-state index is 13.5. The normalized spacial score (nSPS) is 23.5. The fourth-order valence-corrected chi connectivity index (χ4v) is 5.17. The highest BCUT2D eigenvalue weighted by molar-refractivity contribution is 7.59. The number of nitrogens with zero attached hydrogens (tertiary/aromatic N) is 1. The minimum Gasteiger partial charge on any atom is -0.366 e. The van der Waals surface area contributed by atoms with Crippen LogP contribution in [0.2, 0.25) is 0 Å². The van der Waals surface area contributed by atoms with Crippen molar-refractivity contribution in [1.82, 2.24) is 10.2 Å². The molecule has 1 aliphatic carbocycles. The molecule has 4 atom stereocenters. The number of fused-ring (bicyclic) bond motifs is 1. The Hall–Kier alpha value is -1.05. The summed E-state index contributed by atoms with van der Waals surface area (Å²) >= 11 is 6.35. The number of carbonyl (C=O) groups excluding carboxylic acids is 4. The van der Waals surface area contributed by atoms with Gasteiger partial charge in [-0.25, -0.2) is 0 Å². The number of hydrogen-bond acceptors (Lipinski definition) is 5. The minimum atomic E-state index is -0.721. The summed E-state index contributed by atoms with van der Waals surface area (Å²) in [5, 5.41) is 5.12. The molecule has 0 spiro atoms. The number of anilines is 1. The van der Waals surface area contributed by atoms with Crippen LogP contribution in [-0.2, 0) is 19.1 Å². The number of ether oxygens (including phenoxy) is 1. The SMILES string of the molecule is CC(=O)Nc1ccc(C(=O)N[C@H](C(=O)N2C[C@H](Cl)[C@H]3OCC(=O)[C@H]32)C2CCCC2)cc1.S.S.S.S. The predicted molar refractivity (Wildman–Crippen MR) is 155 cm³/mol. The van der Waals surface area contributed by atoms with Crippen LogP contribution in [0.4, 0.5) is 5.69 Å². The Morgan fingerprint density at radius 2 is 1.66 bits per heavy atom. The van der Waals surface area contributed by atoms with Crippen LogP contribution >= 0.6 is 65.6 Å². The summed E-state index contributed by atoms with van der Waals surface area (Å²) in [6.45, 7) is 1.60. The molecule has 198 valence electrons. The molecule has 3 aliphatic rings. The van der Waals surface area contributed by atoms with Crippen molar-refractivity contribution in [3.05, 3.63) is 29.8 Å². The molecule has 3 fully saturated rings. The number of halogens is 1. The van der Waals surface area contributed by atoms with E-state index in [1.807, 2.05) is 0 Å². The lowest BCUT2D eigenvalue weighted by molar-refractivity contribution is -0.139. The molecule has 8 nitrogen and oxygen atoms in total. The van der Waals surface area contributed by atoms with Crippen molar-refractivity contribution in [3.8, 4) is 0 Å². The van der Waals surface area contributed by atoms with Gasteiger partial charge in [-0.15, -0.1) is 11.6 Å². The molecule has 2 saturated heterocycles. The van der Waals surface area contributed by atoms with Crippen molar-refractivity contribution in [1.29, 1.82) is 0 Å². The van der Waals surface area contributed by atoms with E-state index in [4.69, 9.17) is 16.3 Å². The van der Waals surface area contributed by atoms with Crippen LogP contribution in [-0.4, -0.2) is 65.1 Å². The van der Waals surface area contributed by atoms with Gasteiger partial charge in [0.1, 0.15) is 24.8 Å². The van der Waals surface area contributed by atoms with E-state index in [9.17, 15) is 19.2 Å². The molecular formula is C22H34ClN3O5S4. The first-order chi connectivity index (χ1) is 14.8. The number of carbonyl (C=O) groups is 4. The Balaban J connectivity index is 0.00000289.